The molecule has 2 rings (SSSR count). The van der Waals surface area contributed by atoms with Crippen LogP contribution >= 0.6 is 0 Å². The summed E-state index contributed by atoms with van der Waals surface area (Å²) in [6.45, 7) is 4.80. The van der Waals surface area contributed by atoms with Gasteiger partial charge >= 0.3 is 0 Å². The molecule has 1 aromatic heterocycles. The number of aliphatic hydroxyl groups excluding tert-OH is 1. The van der Waals surface area contributed by atoms with Gasteiger partial charge in [0.05, 0.1) is 19.3 Å². The zero-order valence-electron chi connectivity index (χ0n) is 9.80. The van der Waals surface area contributed by atoms with E-state index in [2.05, 4.69) is 17.2 Å². The van der Waals surface area contributed by atoms with Gasteiger partial charge in [0.2, 0.25) is 0 Å². The fraction of sp³-hybridized carbons (Fsp3) is 0.308. The highest BCUT2D eigenvalue weighted by atomic mass is 16.3. The molecule has 0 aliphatic heterocycles. The molecule has 1 N–H and O–H groups in total. The Labute approximate surface area is 96.4 Å². The van der Waals surface area contributed by atoms with Crippen molar-refractivity contribution in [3.05, 3.63) is 53.9 Å². The first-order valence-corrected chi connectivity index (χ1v) is 5.54. The van der Waals surface area contributed by atoms with Gasteiger partial charge in [0, 0.05) is 11.8 Å². The zero-order valence-corrected chi connectivity index (χ0v) is 9.80. The largest absolute Gasteiger partial charge is 0.392 e. The van der Waals surface area contributed by atoms with Gasteiger partial charge in [0.25, 0.3) is 0 Å². The number of aromatic nitrogens is 2. The Morgan fingerprint density at radius 2 is 1.81 bits per heavy atom. The molecule has 0 bridgehead atoms. The molecule has 2 aromatic rings. The summed E-state index contributed by atoms with van der Waals surface area (Å²) in [6, 6.07) is 10.1. The highest BCUT2D eigenvalue weighted by Gasteiger charge is 1.97. The average molecular weight is 218 g/mol. The van der Waals surface area contributed by atoms with Gasteiger partial charge in [-0.25, -0.2) is 0 Å². The maximum Gasteiger partial charge on any atom is 0.0712 e. The van der Waals surface area contributed by atoms with Crippen LogP contribution in [0.15, 0.2) is 42.7 Å². The third-order valence-corrected chi connectivity index (χ3v) is 2.06. The Morgan fingerprint density at radius 3 is 2.38 bits per heavy atom. The second kappa shape index (κ2) is 6.80. The summed E-state index contributed by atoms with van der Waals surface area (Å²) in [4.78, 5) is 0. The molecule has 16 heavy (non-hydrogen) atoms. The van der Waals surface area contributed by atoms with Crippen LogP contribution in [0, 0.1) is 0 Å². The third-order valence-electron chi connectivity index (χ3n) is 2.06. The van der Waals surface area contributed by atoms with Crippen molar-refractivity contribution in [2.45, 2.75) is 27.0 Å². The molecule has 3 heteroatoms. The van der Waals surface area contributed by atoms with Crippen molar-refractivity contribution < 1.29 is 5.11 Å². The van der Waals surface area contributed by atoms with E-state index >= 15 is 0 Å². The van der Waals surface area contributed by atoms with Crippen LogP contribution in [0.3, 0.4) is 0 Å². The summed E-state index contributed by atoms with van der Waals surface area (Å²) in [5.74, 6) is 0. The van der Waals surface area contributed by atoms with Crippen molar-refractivity contribution in [2.24, 2.45) is 0 Å². The first-order chi connectivity index (χ1) is 7.88. The number of rotatable bonds is 3. The Kier molecular flexibility index (Phi) is 5.29. The molecular weight excluding hydrogens is 200 g/mol. The van der Waals surface area contributed by atoms with Crippen molar-refractivity contribution in [2.75, 3.05) is 0 Å². The molecule has 0 fully saturated rings. The fourth-order valence-corrected chi connectivity index (χ4v) is 1.34. The molecule has 86 valence electrons. The fourth-order valence-electron chi connectivity index (χ4n) is 1.34. The normalized spacial score (nSPS) is 9.44. The van der Waals surface area contributed by atoms with Crippen LogP contribution in [-0.4, -0.2) is 14.9 Å². The highest BCUT2D eigenvalue weighted by molar-refractivity contribution is 5.15. The third kappa shape index (κ3) is 3.51. The summed E-state index contributed by atoms with van der Waals surface area (Å²) in [5.41, 5.74) is 2.06. The van der Waals surface area contributed by atoms with Gasteiger partial charge in [-0.15, -0.1) is 0 Å². The Morgan fingerprint density at radius 1 is 1.12 bits per heavy atom. The quantitative estimate of drug-likeness (QED) is 0.859. The second-order valence-electron chi connectivity index (χ2n) is 3.19. The van der Waals surface area contributed by atoms with E-state index in [4.69, 9.17) is 5.11 Å². The number of benzene rings is 1. The topological polar surface area (TPSA) is 38.1 Å². The van der Waals surface area contributed by atoms with E-state index in [1.54, 1.807) is 6.20 Å². The molecule has 0 unspecified atom stereocenters. The van der Waals surface area contributed by atoms with Gasteiger partial charge in [-0.3, -0.25) is 4.68 Å². The molecule has 0 aliphatic carbocycles. The second-order valence-corrected chi connectivity index (χ2v) is 3.19. The lowest BCUT2D eigenvalue weighted by Gasteiger charge is -2.00. The summed E-state index contributed by atoms with van der Waals surface area (Å²) < 4.78 is 1.82. The van der Waals surface area contributed by atoms with E-state index in [1.807, 2.05) is 42.9 Å². The molecule has 0 atom stereocenters. The van der Waals surface area contributed by atoms with Crippen molar-refractivity contribution in [3.63, 3.8) is 0 Å². The predicted molar refractivity (Wildman–Crippen MR) is 65.0 cm³/mol. The van der Waals surface area contributed by atoms with Crippen LogP contribution in [0.5, 0.6) is 0 Å². The molecule has 1 heterocycles. The van der Waals surface area contributed by atoms with Gasteiger partial charge in [-0.2, -0.15) is 5.10 Å². The maximum absolute atomic E-state index is 8.86. The van der Waals surface area contributed by atoms with Crippen molar-refractivity contribution in [1.82, 2.24) is 9.78 Å². The molecule has 0 radical (unpaired) electrons. The van der Waals surface area contributed by atoms with Gasteiger partial charge in [-0.05, 0) is 5.56 Å². The van der Waals surface area contributed by atoms with Crippen LogP contribution in [-0.2, 0) is 13.2 Å². The number of aliphatic hydroxyl groups is 1. The molecule has 0 saturated carbocycles. The van der Waals surface area contributed by atoms with Crippen molar-refractivity contribution >= 4 is 0 Å². The van der Waals surface area contributed by atoms with Gasteiger partial charge in [0.15, 0.2) is 0 Å². The molecule has 0 spiro atoms. The monoisotopic (exact) mass is 218 g/mol. The Bertz CT molecular complexity index is 395. The minimum absolute atomic E-state index is 0.0504. The first-order valence-electron chi connectivity index (χ1n) is 5.54. The Balaban J connectivity index is 0.000000606. The molecule has 0 saturated heterocycles. The number of hydrogen-bond donors (Lipinski definition) is 1. The van der Waals surface area contributed by atoms with Crippen LogP contribution in [0.2, 0.25) is 0 Å². The molecular formula is C13H18N2O. The maximum atomic E-state index is 8.86. The summed E-state index contributed by atoms with van der Waals surface area (Å²) in [6.07, 6.45) is 3.54. The minimum Gasteiger partial charge on any atom is -0.392 e. The summed E-state index contributed by atoms with van der Waals surface area (Å²) in [5, 5.41) is 13.0. The molecule has 0 amide bonds. The Hall–Kier alpha value is -1.61. The average Bonchev–Trinajstić information content (AvgIpc) is 2.81. The van der Waals surface area contributed by atoms with Crippen LogP contribution in [0.4, 0.5) is 0 Å². The molecule has 1 aromatic carbocycles. The lowest BCUT2D eigenvalue weighted by atomic mass is 10.2. The van der Waals surface area contributed by atoms with E-state index in [1.165, 1.54) is 5.56 Å². The summed E-state index contributed by atoms with van der Waals surface area (Å²) >= 11 is 0. The lowest BCUT2D eigenvalue weighted by Crippen LogP contribution is -1.99. The van der Waals surface area contributed by atoms with Crippen LogP contribution < -0.4 is 0 Å². The van der Waals surface area contributed by atoms with Gasteiger partial charge in [-0.1, -0.05) is 44.2 Å². The lowest BCUT2D eigenvalue weighted by molar-refractivity contribution is 0.281. The van der Waals surface area contributed by atoms with E-state index in [0.717, 1.165) is 12.1 Å². The van der Waals surface area contributed by atoms with E-state index < -0.39 is 0 Å². The van der Waals surface area contributed by atoms with Gasteiger partial charge in [0.1, 0.15) is 0 Å². The predicted octanol–water partition coefficient (Wildman–Crippen LogP) is 2.45. The minimum atomic E-state index is 0.0504. The van der Waals surface area contributed by atoms with Gasteiger partial charge < -0.3 is 5.11 Å². The standard InChI is InChI=1S/C11H12N2O.C2H6/c14-9-11-6-12-13(8-11)7-10-4-2-1-3-5-10;1-2/h1-6,8,14H,7,9H2;1-2H3. The van der Waals surface area contributed by atoms with Crippen molar-refractivity contribution in [1.29, 1.82) is 0 Å². The summed E-state index contributed by atoms with van der Waals surface area (Å²) in [7, 11) is 0. The SMILES string of the molecule is CC.OCc1cnn(Cc2ccccc2)c1. The van der Waals surface area contributed by atoms with Crippen LogP contribution in [0.1, 0.15) is 25.0 Å². The number of nitrogens with zero attached hydrogens (tertiary/aromatic N) is 2. The smallest absolute Gasteiger partial charge is 0.0712 e. The van der Waals surface area contributed by atoms with E-state index in [-0.39, 0.29) is 6.61 Å². The zero-order chi connectivity index (χ0) is 11.8. The molecule has 3 nitrogen and oxygen atoms in total. The van der Waals surface area contributed by atoms with E-state index in [0.29, 0.717) is 0 Å². The van der Waals surface area contributed by atoms with Crippen molar-refractivity contribution in [3.8, 4) is 0 Å². The number of hydrogen-bond acceptors (Lipinski definition) is 2. The first kappa shape index (κ1) is 12.5. The van der Waals surface area contributed by atoms with E-state index in [9.17, 15) is 0 Å². The highest BCUT2D eigenvalue weighted by Crippen LogP contribution is 2.03. The van der Waals surface area contributed by atoms with Crippen LogP contribution in [0.25, 0.3) is 0 Å². The molecule has 0 aliphatic rings.